The van der Waals surface area contributed by atoms with E-state index in [1.807, 2.05) is 24.3 Å². The number of thioether (sulfide) groups is 2. The van der Waals surface area contributed by atoms with Gasteiger partial charge in [0.05, 0.1) is 12.0 Å². The first-order valence-electron chi connectivity index (χ1n) is 8.03. The monoisotopic (exact) mass is 450 g/mol. The zero-order valence-corrected chi connectivity index (χ0v) is 17.6. The number of carbonyl (C=O) groups is 1. The molecule has 0 saturated carbocycles. The molecule has 0 spiro atoms. The van der Waals surface area contributed by atoms with Crippen molar-refractivity contribution in [1.29, 1.82) is 0 Å². The smallest absolute Gasteiger partial charge is 0.250 e. The number of hydrogen-bond donors (Lipinski definition) is 2. The van der Waals surface area contributed by atoms with Crippen LogP contribution in [-0.4, -0.2) is 33.2 Å². The topological polar surface area (TPSA) is 87.5 Å². The van der Waals surface area contributed by atoms with Crippen molar-refractivity contribution in [2.24, 2.45) is 5.10 Å². The molecule has 6 nitrogen and oxygen atoms in total. The van der Waals surface area contributed by atoms with E-state index in [2.05, 4.69) is 20.7 Å². The van der Waals surface area contributed by atoms with Gasteiger partial charge in [0.15, 0.2) is 8.68 Å². The molecule has 0 radical (unpaired) electrons. The first-order valence-corrected chi connectivity index (χ1v) is 11.2. The summed E-state index contributed by atoms with van der Waals surface area (Å²) in [6.45, 7) is 0. The number of nitrogens with zero attached hydrogens (tertiary/aromatic N) is 3. The summed E-state index contributed by atoms with van der Waals surface area (Å²) < 4.78 is 1.58. The first-order chi connectivity index (χ1) is 13.6. The Hall–Kier alpha value is -2.07. The maximum Gasteiger partial charge on any atom is 0.250 e. The molecule has 2 N–H and O–H groups in total. The van der Waals surface area contributed by atoms with E-state index in [0.29, 0.717) is 5.02 Å². The van der Waals surface area contributed by atoms with Crippen LogP contribution in [0.15, 0.2) is 62.3 Å². The Morgan fingerprint density at radius 2 is 1.79 bits per heavy atom. The van der Waals surface area contributed by atoms with Crippen molar-refractivity contribution in [1.82, 2.24) is 15.6 Å². The molecule has 0 unspecified atom stereocenters. The largest absolute Gasteiger partial charge is 0.508 e. The van der Waals surface area contributed by atoms with Crippen LogP contribution in [0, 0.1) is 0 Å². The van der Waals surface area contributed by atoms with E-state index in [-0.39, 0.29) is 17.4 Å². The molecule has 1 amide bonds. The van der Waals surface area contributed by atoms with Gasteiger partial charge in [0.2, 0.25) is 0 Å². The zero-order chi connectivity index (χ0) is 19.8. The molecule has 0 aliphatic carbocycles. The van der Waals surface area contributed by atoms with Crippen LogP contribution in [0.4, 0.5) is 0 Å². The van der Waals surface area contributed by atoms with Crippen LogP contribution in [-0.2, 0) is 10.5 Å². The third-order valence-corrected chi connectivity index (χ3v) is 6.80. The summed E-state index contributed by atoms with van der Waals surface area (Å²) in [5.74, 6) is 0.928. The van der Waals surface area contributed by atoms with Crippen molar-refractivity contribution in [3.63, 3.8) is 0 Å². The molecule has 144 valence electrons. The van der Waals surface area contributed by atoms with E-state index >= 15 is 0 Å². The van der Waals surface area contributed by atoms with Gasteiger partial charge in [-0.3, -0.25) is 4.79 Å². The van der Waals surface area contributed by atoms with Crippen LogP contribution in [0.1, 0.15) is 11.1 Å². The second-order valence-corrected chi connectivity index (χ2v) is 9.28. The third-order valence-electron chi connectivity index (χ3n) is 3.29. The van der Waals surface area contributed by atoms with Gasteiger partial charge in [-0.15, -0.1) is 10.2 Å². The number of nitrogens with one attached hydrogen (secondary N) is 1. The van der Waals surface area contributed by atoms with Crippen LogP contribution >= 0.6 is 46.5 Å². The molecule has 0 fully saturated rings. The van der Waals surface area contributed by atoms with Crippen molar-refractivity contribution in [2.75, 3.05) is 5.75 Å². The first kappa shape index (κ1) is 20.7. The quantitative estimate of drug-likeness (QED) is 0.300. The molecule has 2 aromatic carbocycles. The second-order valence-electron chi connectivity index (χ2n) is 5.42. The van der Waals surface area contributed by atoms with E-state index < -0.39 is 0 Å². The summed E-state index contributed by atoms with van der Waals surface area (Å²) in [4.78, 5) is 11.9. The van der Waals surface area contributed by atoms with Gasteiger partial charge in [-0.1, -0.05) is 58.6 Å². The Labute approximate surface area is 179 Å². The Balaban J connectivity index is 1.40. The number of phenolic OH excluding ortho intramolecular Hbond substituents is 1. The molecule has 1 aromatic heterocycles. The second kappa shape index (κ2) is 10.5. The van der Waals surface area contributed by atoms with Gasteiger partial charge in [-0.25, -0.2) is 5.43 Å². The summed E-state index contributed by atoms with van der Waals surface area (Å²) in [5.41, 5.74) is 4.39. The van der Waals surface area contributed by atoms with E-state index in [1.165, 1.54) is 29.3 Å². The summed E-state index contributed by atoms with van der Waals surface area (Å²) in [7, 11) is 0. The number of hydrogen-bond acceptors (Lipinski definition) is 8. The maximum atomic E-state index is 11.9. The molecule has 10 heteroatoms. The number of carbonyl (C=O) groups excluding carboxylic acids is 1. The predicted octanol–water partition coefficient (Wildman–Crippen LogP) is 4.43. The number of amides is 1. The summed E-state index contributed by atoms with van der Waals surface area (Å²) in [5, 5.41) is 22.1. The van der Waals surface area contributed by atoms with Crippen LogP contribution in [0.25, 0.3) is 0 Å². The fourth-order valence-electron chi connectivity index (χ4n) is 1.94. The summed E-state index contributed by atoms with van der Waals surface area (Å²) in [6.07, 6.45) is 1.51. The fraction of sp³-hybridized carbons (Fsp3) is 0.111. The van der Waals surface area contributed by atoms with Gasteiger partial charge < -0.3 is 5.11 Å². The number of benzene rings is 2. The number of hydrazone groups is 1. The maximum absolute atomic E-state index is 11.9. The van der Waals surface area contributed by atoms with Crippen molar-refractivity contribution >= 4 is 58.6 Å². The highest BCUT2D eigenvalue weighted by molar-refractivity contribution is 8.03. The van der Waals surface area contributed by atoms with E-state index in [1.54, 1.807) is 36.0 Å². The van der Waals surface area contributed by atoms with Gasteiger partial charge in [-0.2, -0.15) is 5.10 Å². The highest BCUT2D eigenvalue weighted by Crippen LogP contribution is 2.30. The minimum Gasteiger partial charge on any atom is -0.508 e. The minimum absolute atomic E-state index is 0.181. The highest BCUT2D eigenvalue weighted by Gasteiger charge is 2.08. The molecule has 3 aromatic rings. The van der Waals surface area contributed by atoms with Crippen molar-refractivity contribution in [3.8, 4) is 5.75 Å². The zero-order valence-electron chi connectivity index (χ0n) is 14.4. The normalized spacial score (nSPS) is 11.0. The van der Waals surface area contributed by atoms with E-state index in [4.69, 9.17) is 11.6 Å². The van der Waals surface area contributed by atoms with Gasteiger partial charge >= 0.3 is 0 Å². The molecule has 0 saturated heterocycles. The number of aromatic nitrogens is 2. The molecule has 28 heavy (non-hydrogen) atoms. The molecular weight excluding hydrogens is 436 g/mol. The Morgan fingerprint density at radius 1 is 1.11 bits per heavy atom. The molecule has 0 aliphatic rings. The lowest BCUT2D eigenvalue weighted by Gasteiger charge is -1.98. The fourth-order valence-corrected chi connectivity index (χ4v) is 4.83. The Bertz CT molecular complexity index is 946. The summed E-state index contributed by atoms with van der Waals surface area (Å²) >= 11 is 10.2. The van der Waals surface area contributed by atoms with Crippen molar-refractivity contribution in [2.45, 2.75) is 14.4 Å². The number of halogens is 1. The van der Waals surface area contributed by atoms with Crippen LogP contribution in [0.2, 0.25) is 5.02 Å². The van der Waals surface area contributed by atoms with Crippen molar-refractivity contribution in [3.05, 3.63) is 64.7 Å². The molecular formula is C18H15ClN4O2S3. The predicted molar refractivity (Wildman–Crippen MR) is 115 cm³/mol. The van der Waals surface area contributed by atoms with Gasteiger partial charge in [-0.05, 0) is 47.5 Å². The van der Waals surface area contributed by atoms with Crippen LogP contribution in [0.3, 0.4) is 0 Å². The highest BCUT2D eigenvalue weighted by atomic mass is 35.5. The Kier molecular flexibility index (Phi) is 7.72. The summed E-state index contributed by atoms with van der Waals surface area (Å²) in [6, 6.07) is 14.2. The average Bonchev–Trinajstić information content (AvgIpc) is 3.15. The Morgan fingerprint density at radius 3 is 2.50 bits per heavy atom. The molecule has 3 rings (SSSR count). The molecule has 0 bridgehead atoms. The third kappa shape index (κ3) is 6.83. The van der Waals surface area contributed by atoms with Crippen molar-refractivity contribution < 1.29 is 9.90 Å². The molecule has 1 heterocycles. The van der Waals surface area contributed by atoms with Crippen LogP contribution in [0.5, 0.6) is 5.75 Å². The lowest BCUT2D eigenvalue weighted by atomic mass is 10.2. The molecule has 0 aliphatic heterocycles. The van der Waals surface area contributed by atoms with Crippen LogP contribution < -0.4 is 5.43 Å². The van der Waals surface area contributed by atoms with Gasteiger partial charge in [0.25, 0.3) is 5.91 Å². The van der Waals surface area contributed by atoms with E-state index in [9.17, 15) is 9.90 Å². The standard InChI is InChI=1S/C18H15ClN4O2S3/c19-14-5-1-13(2-6-14)10-26-17-22-23-18(28-17)27-11-16(25)21-20-9-12-3-7-15(24)8-4-12/h1-9,24H,10-11H2,(H,21,25)/b20-9+. The lowest BCUT2D eigenvalue weighted by Crippen LogP contribution is -2.19. The SMILES string of the molecule is O=C(CSc1nnc(SCc2ccc(Cl)cc2)s1)N/N=C/c1ccc(O)cc1. The average molecular weight is 451 g/mol. The number of aromatic hydroxyl groups is 1. The van der Waals surface area contributed by atoms with E-state index in [0.717, 1.165) is 25.6 Å². The van der Waals surface area contributed by atoms with Gasteiger partial charge in [0, 0.05) is 10.8 Å². The molecule has 0 atom stereocenters. The number of rotatable bonds is 8. The lowest BCUT2D eigenvalue weighted by molar-refractivity contribution is -0.118. The number of phenols is 1. The minimum atomic E-state index is -0.231. The van der Waals surface area contributed by atoms with Gasteiger partial charge in [0.1, 0.15) is 5.75 Å².